The molecule has 1 saturated heterocycles. The van der Waals surface area contributed by atoms with E-state index in [1.54, 1.807) is 36.0 Å². The van der Waals surface area contributed by atoms with Gasteiger partial charge in [-0.15, -0.1) is 0 Å². The van der Waals surface area contributed by atoms with Crippen molar-refractivity contribution in [2.45, 2.75) is 18.9 Å². The molecule has 1 aliphatic heterocycles. The van der Waals surface area contributed by atoms with E-state index < -0.39 is 6.04 Å². The lowest BCUT2D eigenvalue weighted by molar-refractivity contribution is -0.132. The third-order valence-corrected chi connectivity index (χ3v) is 5.24. The number of carbonyl (C=O) groups excluding carboxylic acids is 2. The van der Waals surface area contributed by atoms with E-state index in [-0.39, 0.29) is 11.8 Å². The highest BCUT2D eigenvalue weighted by Crippen LogP contribution is 2.18. The molecule has 132 valence electrons. The number of nitrogens with one attached hydrogen (secondary N) is 1. The summed E-state index contributed by atoms with van der Waals surface area (Å²) in [6, 6.07) is 6.33. The lowest BCUT2D eigenvalue weighted by Gasteiger charge is -2.24. The molecule has 1 heterocycles. The first-order valence-corrected chi connectivity index (χ1v) is 9.87. The van der Waals surface area contributed by atoms with Gasteiger partial charge in [0.15, 0.2) is 0 Å². The maximum atomic E-state index is 12.8. The number of likely N-dealkylation sites (tertiary alicyclic amines) is 1. The molecule has 0 bridgehead atoms. The molecule has 1 fully saturated rings. The molecule has 1 aromatic rings. The fourth-order valence-corrected chi connectivity index (χ4v) is 3.51. The summed E-state index contributed by atoms with van der Waals surface area (Å²) >= 11 is 7.73. The van der Waals surface area contributed by atoms with Crippen LogP contribution in [-0.2, 0) is 4.79 Å². The number of hydrogen-bond acceptors (Lipinski definition) is 4. The van der Waals surface area contributed by atoms with Crippen LogP contribution < -0.4 is 11.1 Å². The van der Waals surface area contributed by atoms with Crippen LogP contribution >= 0.6 is 23.4 Å². The van der Waals surface area contributed by atoms with Gasteiger partial charge in [-0.1, -0.05) is 23.7 Å². The van der Waals surface area contributed by atoms with E-state index in [4.69, 9.17) is 17.3 Å². The Labute approximate surface area is 152 Å². The van der Waals surface area contributed by atoms with E-state index in [1.165, 1.54) is 0 Å². The second-order valence-corrected chi connectivity index (χ2v) is 7.35. The van der Waals surface area contributed by atoms with Crippen molar-refractivity contribution in [1.82, 2.24) is 10.2 Å². The van der Waals surface area contributed by atoms with Crippen molar-refractivity contribution in [3.05, 3.63) is 34.9 Å². The third-order valence-electron chi connectivity index (χ3n) is 4.26. The lowest BCUT2D eigenvalue weighted by Crippen LogP contribution is -2.48. The molecule has 2 rings (SSSR count). The van der Waals surface area contributed by atoms with Gasteiger partial charge in [0.1, 0.15) is 6.04 Å². The summed E-state index contributed by atoms with van der Waals surface area (Å²) in [6.07, 6.45) is 3.51. The first-order valence-electron chi connectivity index (χ1n) is 8.10. The summed E-state index contributed by atoms with van der Waals surface area (Å²) in [5.74, 6) is 0.817. The van der Waals surface area contributed by atoms with Crippen molar-refractivity contribution in [2.75, 3.05) is 31.6 Å². The van der Waals surface area contributed by atoms with Crippen molar-refractivity contribution in [3.8, 4) is 0 Å². The van der Waals surface area contributed by atoms with Crippen LogP contribution in [0.4, 0.5) is 0 Å². The standard InChI is InChI=1S/C17H24ClN3O2S/c1-24-9-7-15(17(23)21-8-6-12(10-19)11-21)20-16(22)13-4-2-3-5-14(13)18/h2-5,12,15H,6-11,19H2,1H3,(H,20,22). The van der Waals surface area contributed by atoms with Gasteiger partial charge >= 0.3 is 0 Å². The first kappa shape index (κ1) is 19.1. The van der Waals surface area contributed by atoms with Crippen LogP contribution in [0.25, 0.3) is 0 Å². The smallest absolute Gasteiger partial charge is 0.253 e. The molecule has 7 heteroatoms. The molecule has 2 atom stereocenters. The molecule has 0 spiro atoms. The third kappa shape index (κ3) is 4.88. The van der Waals surface area contributed by atoms with Crippen LogP contribution in [-0.4, -0.2) is 54.4 Å². The van der Waals surface area contributed by atoms with Crippen LogP contribution in [0.15, 0.2) is 24.3 Å². The average molecular weight is 370 g/mol. The van der Waals surface area contributed by atoms with Gasteiger partial charge in [-0.3, -0.25) is 9.59 Å². The molecule has 0 radical (unpaired) electrons. The lowest BCUT2D eigenvalue weighted by atomic mass is 10.1. The van der Waals surface area contributed by atoms with Gasteiger partial charge in [-0.25, -0.2) is 0 Å². The molecule has 1 aliphatic rings. The fourth-order valence-electron chi connectivity index (χ4n) is 2.82. The highest BCUT2D eigenvalue weighted by Gasteiger charge is 2.31. The first-order chi connectivity index (χ1) is 11.6. The van der Waals surface area contributed by atoms with Crippen molar-refractivity contribution in [2.24, 2.45) is 11.7 Å². The monoisotopic (exact) mass is 369 g/mol. The maximum Gasteiger partial charge on any atom is 0.253 e. The van der Waals surface area contributed by atoms with Gasteiger partial charge < -0.3 is 16.0 Å². The van der Waals surface area contributed by atoms with E-state index in [0.717, 1.165) is 12.2 Å². The SMILES string of the molecule is CSCCC(NC(=O)c1ccccc1Cl)C(=O)N1CCC(CN)C1. The number of thioether (sulfide) groups is 1. The summed E-state index contributed by atoms with van der Waals surface area (Å²) in [6.45, 7) is 1.97. The molecule has 3 N–H and O–H groups in total. The predicted molar refractivity (Wildman–Crippen MR) is 99.4 cm³/mol. The molecule has 1 aromatic carbocycles. The largest absolute Gasteiger partial charge is 0.341 e. The minimum Gasteiger partial charge on any atom is -0.341 e. The predicted octanol–water partition coefficient (Wildman–Crippen LogP) is 2.00. The van der Waals surface area contributed by atoms with Crippen LogP contribution in [0.3, 0.4) is 0 Å². The Morgan fingerprint density at radius 2 is 2.21 bits per heavy atom. The Kier molecular flexibility index (Phi) is 7.40. The molecular formula is C17H24ClN3O2S. The highest BCUT2D eigenvalue weighted by molar-refractivity contribution is 7.98. The molecule has 5 nitrogen and oxygen atoms in total. The Morgan fingerprint density at radius 1 is 1.46 bits per heavy atom. The number of amides is 2. The second-order valence-electron chi connectivity index (χ2n) is 5.96. The van der Waals surface area contributed by atoms with E-state index in [2.05, 4.69) is 5.32 Å². The number of rotatable bonds is 7. The molecule has 0 saturated carbocycles. The van der Waals surface area contributed by atoms with Crippen LogP contribution in [0, 0.1) is 5.92 Å². The Bertz CT molecular complexity index is 585. The zero-order chi connectivity index (χ0) is 17.5. The molecule has 24 heavy (non-hydrogen) atoms. The maximum absolute atomic E-state index is 12.8. The Hall–Kier alpha value is -1.24. The zero-order valence-electron chi connectivity index (χ0n) is 13.8. The van der Waals surface area contributed by atoms with Crippen LogP contribution in [0.1, 0.15) is 23.2 Å². The van der Waals surface area contributed by atoms with Gasteiger partial charge in [0.25, 0.3) is 5.91 Å². The highest BCUT2D eigenvalue weighted by atomic mass is 35.5. The normalized spacial score (nSPS) is 18.5. The van der Waals surface area contributed by atoms with Gasteiger partial charge in [-0.05, 0) is 49.4 Å². The van der Waals surface area contributed by atoms with Crippen molar-refractivity contribution >= 4 is 35.2 Å². The van der Waals surface area contributed by atoms with Gasteiger partial charge in [0.2, 0.25) is 5.91 Å². The molecule has 0 aromatic heterocycles. The Morgan fingerprint density at radius 3 is 2.83 bits per heavy atom. The Balaban J connectivity index is 2.06. The number of carbonyl (C=O) groups is 2. The topological polar surface area (TPSA) is 75.4 Å². The van der Waals surface area contributed by atoms with E-state index in [9.17, 15) is 9.59 Å². The molecular weight excluding hydrogens is 346 g/mol. The number of benzene rings is 1. The summed E-state index contributed by atoms with van der Waals surface area (Å²) in [5, 5.41) is 3.24. The molecule has 2 amide bonds. The van der Waals surface area contributed by atoms with Gasteiger partial charge in [0, 0.05) is 13.1 Å². The van der Waals surface area contributed by atoms with Gasteiger partial charge in [-0.2, -0.15) is 11.8 Å². The summed E-state index contributed by atoms with van der Waals surface area (Å²) < 4.78 is 0. The number of nitrogens with zero attached hydrogens (tertiary/aromatic N) is 1. The van der Waals surface area contributed by atoms with Crippen molar-refractivity contribution in [1.29, 1.82) is 0 Å². The summed E-state index contributed by atoms with van der Waals surface area (Å²) in [7, 11) is 0. The minimum absolute atomic E-state index is 0.0274. The quantitative estimate of drug-likeness (QED) is 0.770. The van der Waals surface area contributed by atoms with Gasteiger partial charge in [0.05, 0.1) is 10.6 Å². The van der Waals surface area contributed by atoms with Crippen molar-refractivity contribution < 1.29 is 9.59 Å². The zero-order valence-corrected chi connectivity index (χ0v) is 15.4. The number of hydrogen-bond donors (Lipinski definition) is 2. The minimum atomic E-state index is -0.530. The number of nitrogens with two attached hydrogens (primary N) is 1. The summed E-state index contributed by atoms with van der Waals surface area (Å²) in [4.78, 5) is 27.1. The molecule has 2 unspecified atom stereocenters. The summed E-state index contributed by atoms with van der Waals surface area (Å²) in [5.41, 5.74) is 6.09. The fraction of sp³-hybridized carbons (Fsp3) is 0.529. The van der Waals surface area contributed by atoms with Crippen LogP contribution in [0.5, 0.6) is 0 Å². The van der Waals surface area contributed by atoms with E-state index in [0.29, 0.717) is 42.6 Å². The average Bonchev–Trinajstić information content (AvgIpc) is 3.07. The number of halogens is 1. The second kappa shape index (κ2) is 9.30. The van der Waals surface area contributed by atoms with E-state index in [1.807, 2.05) is 11.2 Å². The molecule has 0 aliphatic carbocycles. The van der Waals surface area contributed by atoms with E-state index >= 15 is 0 Å². The van der Waals surface area contributed by atoms with Crippen molar-refractivity contribution in [3.63, 3.8) is 0 Å². The van der Waals surface area contributed by atoms with Crippen LogP contribution in [0.2, 0.25) is 5.02 Å².